The predicted molar refractivity (Wildman–Crippen MR) is 57.9 cm³/mol. The van der Waals surface area contributed by atoms with Crippen molar-refractivity contribution in [2.75, 3.05) is 0 Å². The van der Waals surface area contributed by atoms with E-state index in [2.05, 4.69) is 0 Å². The van der Waals surface area contributed by atoms with Gasteiger partial charge in [-0.15, -0.1) is 11.6 Å². The van der Waals surface area contributed by atoms with Gasteiger partial charge in [0, 0.05) is 23.6 Å². The lowest BCUT2D eigenvalue weighted by Gasteiger charge is -2.26. The minimum absolute atomic E-state index is 0.109. The van der Waals surface area contributed by atoms with Crippen LogP contribution < -0.4 is 0 Å². The molecule has 3 N–H and O–H groups in total. The van der Waals surface area contributed by atoms with E-state index in [1.807, 2.05) is 0 Å². The van der Waals surface area contributed by atoms with Gasteiger partial charge in [0.25, 0.3) is 0 Å². The van der Waals surface area contributed by atoms with Crippen LogP contribution in [-0.4, -0.2) is 26.5 Å². The van der Waals surface area contributed by atoms with E-state index in [9.17, 15) is 20.1 Å². The van der Waals surface area contributed by atoms with Gasteiger partial charge < -0.3 is 15.3 Å². The zero-order valence-electron chi connectivity index (χ0n) is 8.57. The second-order valence-electron chi connectivity index (χ2n) is 4.03. The van der Waals surface area contributed by atoms with E-state index >= 15 is 0 Å². The van der Waals surface area contributed by atoms with Gasteiger partial charge in [0.2, 0.25) is 0 Å². The first-order chi connectivity index (χ1) is 7.36. The van der Waals surface area contributed by atoms with E-state index in [0.29, 0.717) is 0 Å². The third-order valence-electron chi connectivity index (χ3n) is 2.92. The highest BCUT2D eigenvalue weighted by atomic mass is 35.5. The summed E-state index contributed by atoms with van der Waals surface area (Å²) in [4.78, 5) is 11.6. The van der Waals surface area contributed by atoms with Crippen LogP contribution in [0.4, 0.5) is 0 Å². The van der Waals surface area contributed by atoms with Crippen molar-refractivity contribution in [1.29, 1.82) is 0 Å². The number of ketones is 1. The molecule has 1 aliphatic rings. The van der Waals surface area contributed by atoms with Crippen molar-refractivity contribution in [3.05, 3.63) is 23.3 Å². The van der Waals surface area contributed by atoms with Gasteiger partial charge in [0.1, 0.15) is 17.1 Å². The fourth-order valence-electron chi connectivity index (χ4n) is 2.05. The average Bonchev–Trinajstić information content (AvgIpc) is 2.39. The maximum Gasteiger partial charge on any atom is 0.166 e. The Labute approximate surface area is 97.1 Å². The first kappa shape index (κ1) is 11.2. The average molecular weight is 243 g/mol. The number of aliphatic hydroxyl groups is 1. The Morgan fingerprint density at radius 2 is 2.06 bits per heavy atom. The molecule has 0 saturated heterocycles. The maximum absolute atomic E-state index is 11.6. The summed E-state index contributed by atoms with van der Waals surface area (Å²) in [5.41, 5.74) is -1.32. The summed E-state index contributed by atoms with van der Waals surface area (Å²) in [7, 11) is 0. The third kappa shape index (κ3) is 1.37. The van der Waals surface area contributed by atoms with E-state index in [0.717, 1.165) is 6.07 Å². The molecule has 0 aliphatic heterocycles. The van der Waals surface area contributed by atoms with Crippen LogP contribution in [0.2, 0.25) is 0 Å². The van der Waals surface area contributed by atoms with Gasteiger partial charge in [-0.3, -0.25) is 4.79 Å². The van der Waals surface area contributed by atoms with Gasteiger partial charge in [-0.05, 0) is 13.0 Å². The molecule has 0 fully saturated rings. The van der Waals surface area contributed by atoms with Crippen LogP contribution in [0.3, 0.4) is 0 Å². The molecule has 0 spiro atoms. The van der Waals surface area contributed by atoms with E-state index in [1.165, 1.54) is 6.07 Å². The van der Waals surface area contributed by atoms with Gasteiger partial charge in [0.05, 0.1) is 5.38 Å². The minimum atomic E-state index is -1.56. The molecular formula is C11H11ClO4. The number of carbonyl (C=O) groups is 1. The molecule has 0 heterocycles. The Hall–Kier alpha value is -1.26. The van der Waals surface area contributed by atoms with Crippen molar-refractivity contribution in [3.63, 3.8) is 0 Å². The topological polar surface area (TPSA) is 77.8 Å². The molecule has 0 radical (unpaired) electrons. The first-order valence-electron chi connectivity index (χ1n) is 4.82. The number of halogens is 1. The van der Waals surface area contributed by atoms with Crippen molar-refractivity contribution >= 4 is 17.4 Å². The van der Waals surface area contributed by atoms with Gasteiger partial charge in [-0.2, -0.15) is 0 Å². The van der Waals surface area contributed by atoms with Crippen LogP contribution in [0.1, 0.15) is 29.3 Å². The zero-order chi connectivity index (χ0) is 12.1. The van der Waals surface area contributed by atoms with Crippen molar-refractivity contribution in [2.45, 2.75) is 24.3 Å². The number of fused-ring (bicyclic) bond motifs is 1. The Morgan fingerprint density at radius 1 is 1.44 bits per heavy atom. The molecule has 1 aromatic carbocycles. The molecule has 2 rings (SSSR count). The summed E-state index contributed by atoms with van der Waals surface area (Å²) < 4.78 is 0. The number of hydrogen-bond acceptors (Lipinski definition) is 4. The van der Waals surface area contributed by atoms with Crippen LogP contribution in [-0.2, 0) is 5.60 Å². The molecule has 1 unspecified atom stereocenters. The molecule has 16 heavy (non-hydrogen) atoms. The fraction of sp³-hybridized carbons (Fsp3) is 0.364. The van der Waals surface area contributed by atoms with Crippen molar-refractivity contribution < 1.29 is 20.1 Å². The van der Waals surface area contributed by atoms with Gasteiger partial charge in [0.15, 0.2) is 5.78 Å². The predicted octanol–water partition coefficient (Wildman–Crippen LogP) is 1.50. The van der Waals surface area contributed by atoms with Crippen LogP contribution in [0.5, 0.6) is 11.5 Å². The van der Waals surface area contributed by atoms with Crippen LogP contribution >= 0.6 is 11.6 Å². The lowest BCUT2D eigenvalue weighted by Crippen LogP contribution is -2.32. The largest absolute Gasteiger partial charge is 0.508 e. The molecule has 86 valence electrons. The summed E-state index contributed by atoms with van der Waals surface area (Å²) in [6.07, 6.45) is -0.177. The molecule has 0 bridgehead atoms. The normalized spacial score (nSPS) is 25.6. The lowest BCUT2D eigenvalue weighted by molar-refractivity contribution is 0.0351. The SMILES string of the molecule is CC(Cl)[C@]1(O)CC(=O)c2cc(O)cc(O)c21. The van der Waals surface area contributed by atoms with E-state index < -0.39 is 11.0 Å². The highest BCUT2D eigenvalue weighted by molar-refractivity contribution is 6.22. The quantitative estimate of drug-likeness (QED) is 0.652. The number of carbonyl (C=O) groups excluding carboxylic acids is 1. The number of Topliss-reactive ketones (excluding diaryl/α,β-unsaturated/α-hetero) is 1. The number of aromatic hydroxyl groups is 2. The summed E-state index contributed by atoms with van der Waals surface area (Å²) in [6.45, 7) is 1.55. The van der Waals surface area contributed by atoms with Crippen LogP contribution in [0, 0.1) is 0 Å². The Morgan fingerprint density at radius 3 is 2.62 bits per heavy atom. The number of hydrogen-bond donors (Lipinski definition) is 3. The first-order valence-corrected chi connectivity index (χ1v) is 5.26. The van der Waals surface area contributed by atoms with Gasteiger partial charge in [-0.1, -0.05) is 0 Å². The zero-order valence-corrected chi connectivity index (χ0v) is 9.32. The molecule has 1 aliphatic carbocycles. The second kappa shape index (κ2) is 3.37. The molecule has 2 atom stereocenters. The molecule has 4 nitrogen and oxygen atoms in total. The number of alkyl halides is 1. The molecule has 1 aromatic rings. The number of phenolic OH excluding ortho intramolecular Hbond substituents is 2. The highest BCUT2D eigenvalue weighted by Crippen LogP contribution is 2.47. The summed E-state index contributed by atoms with van der Waals surface area (Å²) in [6, 6.07) is 2.32. The Bertz CT molecular complexity index is 469. The van der Waals surface area contributed by atoms with Crippen LogP contribution in [0.15, 0.2) is 12.1 Å². The van der Waals surface area contributed by atoms with Crippen molar-refractivity contribution in [3.8, 4) is 11.5 Å². The Balaban J connectivity index is 2.71. The highest BCUT2D eigenvalue weighted by Gasteiger charge is 2.47. The molecular weight excluding hydrogens is 232 g/mol. The minimum Gasteiger partial charge on any atom is -0.508 e. The summed E-state index contributed by atoms with van der Waals surface area (Å²) >= 11 is 5.85. The number of benzene rings is 1. The Kier molecular flexibility index (Phi) is 2.36. The monoisotopic (exact) mass is 242 g/mol. The molecule has 0 amide bonds. The summed E-state index contributed by atoms with van der Waals surface area (Å²) in [5, 5.41) is 28.5. The second-order valence-corrected chi connectivity index (χ2v) is 4.68. The van der Waals surface area contributed by atoms with Crippen molar-refractivity contribution in [2.24, 2.45) is 0 Å². The van der Waals surface area contributed by atoms with E-state index in [1.54, 1.807) is 6.92 Å². The maximum atomic E-state index is 11.6. The van der Waals surface area contributed by atoms with E-state index in [-0.39, 0.29) is 34.8 Å². The van der Waals surface area contributed by atoms with E-state index in [4.69, 9.17) is 11.6 Å². The number of rotatable bonds is 1. The smallest absolute Gasteiger partial charge is 0.166 e. The van der Waals surface area contributed by atoms with Gasteiger partial charge in [-0.25, -0.2) is 0 Å². The lowest BCUT2D eigenvalue weighted by atomic mass is 9.92. The standard InChI is InChI=1S/C11H11ClO4/c1-5(12)11(16)4-9(15)7-2-6(13)3-8(14)10(7)11/h2-3,5,13-14,16H,4H2,1H3/t5?,11-/m1/s1. The summed E-state index contributed by atoms with van der Waals surface area (Å²) in [5.74, 6) is -0.858. The fourth-order valence-corrected chi connectivity index (χ4v) is 2.24. The van der Waals surface area contributed by atoms with Crippen LogP contribution in [0.25, 0.3) is 0 Å². The molecule has 0 aromatic heterocycles. The third-order valence-corrected chi connectivity index (χ3v) is 3.28. The molecule has 0 saturated carbocycles. The van der Waals surface area contributed by atoms with Crippen molar-refractivity contribution in [1.82, 2.24) is 0 Å². The van der Waals surface area contributed by atoms with Gasteiger partial charge >= 0.3 is 0 Å². The molecule has 5 heteroatoms. The number of phenols is 2.